The highest BCUT2D eigenvalue weighted by Crippen LogP contribution is 2.18. The van der Waals surface area contributed by atoms with Crippen molar-refractivity contribution in [2.75, 3.05) is 19.6 Å². The Morgan fingerprint density at radius 3 is 2.74 bits per heavy atom. The Labute approximate surface area is 138 Å². The normalized spacial score (nSPS) is 17.9. The van der Waals surface area contributed by atoms with Crippen LogP contribution in [0.2, 0.25) is 0 Å². The number of likely N-dealkylation sites (tertiary alicyclic amines) is 1. The Hall–Kier alpha value is -2.04. The molecule has 2 amide bonds. The minimum atomic E-state index is -0.338. The maximum absolute atomic E-state index is 12.2. The molecule has 0 bridgehead atoms. The van der Waals surface area contributed by atoms with E-state index in [1.54, 1.807) is 4.90 Å². The predicted octanol–water partition coefficient (Wildman–Crippen LogP) is 2.81. The van der Waals surface area contributed by atoms with Gasteiger partial charge in [-0.15, -0.1) is 0 Å². The van der Waals surface area contributed by atoms with Crippen LogP contribution in [0, 0.1) is 11.8 Å². The van der Waals surface area contributed by atoms with Crippen LogP contribution >= 0.6 is 0 Å². The predicted molar refractivity (Wildman–Crippen MR) is 88.8 cm³/mol. The fourth-order valence-electron chi connectivity index (χ4n) is 2.62. The van der Waals surface area contributed by atoms with E-state index in [2.05, 4.69) is 19.2 Å². The Morgan fingerprint density at radius 2 is 2.04 bits per heavy atom. The summed E-state index contributed by atoms with van der Waals surface area (Å²) in [5.74, 6) is 0.334. The lowest BCUT2D eigenvalue weighted by atomic mass is 9.97. The first-order valence-electron chi connectivity index (χ1n) is 8.29. The van der Waals surface area contributed by atoms with Crippen LogP contribution < -0.4 is 5.32 Å². The molecule has 0 saturated carbocycles. The van der Waals surface area contributed by atoms with E-state index in [4.69, 9.17) is 4.74 Å². The Morgan fingerprint density at radius 1 is 1.30 bits per heavy atom. The summed E-state index contributed by atoms with van der Waals surface area (Å²) < 4.78 is 5.35. The molecule has 1 atom stereocenters. The summed E-state index contributed by atoms with van der Waals surface area (Å²) in [7, 11) is 0. The summed E-state index contributed by atoms with van der Waals surface area (Å²) >= 11 is 0. The molecule has 2 rings (SSSR count). The average molecular weight is 318 g/mol. The number of nitrogens with zero attached hydrogens (tertiary/aromatic N) is 1. The molecule has 0 spiro atoms. The number of carbonyl (C=O) groups excluding carboxylic acids is 2. The van der Waals surface area contributed by atoms with Crippen LogP contribution in [0.1, 0.15) is 32.3 Å². The number of piperidine rings is 1. The van der Waals surface area contributed by atoms with Gasteiger partial charge in [0.1, 0.15) is 6.61 Å². The van der Waals surface area contributed by atoms with E-state index < -0.39 is 0 Å². The monoisotopic (exact) mass is 318 g/mol. The Kier molecular flexibility index (Phi) is 6.44. The van der Waals surface area contributed by atoms with Gasteiger partial charge >= 0.3 is 6.09 Å². The molecule has 1 aromatic rings. The van der Waals surface area contributed by atoms with Gasteiger partial charge in [-0.1, -0.05) is 44.2 Å². The molecular formula is C18H26N2O3. The van der Waals surface area contributed by atoms with E-state index in [0.29, 0.717) is 25.6 Å². The van der Waals surface area contributed by atoms with E-state index in [-0.39, 0.29) is 24.5 Å². The van der Waals surface area contributed by atoms with Crippen molar-refractivity contribution in [3.8, 4) is 0 Å². The molecule has 0 radical (unpaired) electrons. The molecule has 1 aliphatic heterocycles. The van der Waals surface area contributed by atoms with Gasteiger partial charge in [0.15, 0.2) is 0 Å². The second-order valence-electron chi connectivity index (χ2n) is 6.46. The van der Waals surface area contributed by atoms with Crippen molar-refractivity contribution in [1.82, 2.24) is 10.2 Å². The summed E-state index contributed by atoms with van der Waals surface area (Å²) in [6.07, 6.45) is 1.32. The summed E-state index contributed by atoms with van der Waals surface area (Å²) in [4.78, 5) is 26.0. The second-order valence-corrected chi connectivity index (χ2v) is 6.46. The maximum atomic E-state index is 12.2. The highest BCUT2D eigenvalue weighted by atomic mass is 16.6. The van der Waals surface area contributed by atoms with Crippen LogP contribution in [0.15, 0.2) is 30.3 Å². The summed E-state index contributed by atoms with van der Waals surface area (Å²) in [6, 6.07) is 9.60. The SMILES string of the molecule is CC(C)CNC(=O)C1CCCN(C(=O)OCc2ccccc2)C1. The lowest BCUT2D eigenvalue weighted by molar-refractivity contribution is -0.126. The second kappa shape index (κ2) is 8.56. The van der Waals surface area contributed by atoms with Crippen molar-refractivity contribution in [2.45, 2.75) is 33.3 Å². The molecule has 1 heterocycles. The standard InChI is InChI=1S/C18H26N2O3/c1-14(2)11-19-17(21)16-9-6-10-20(12-16)18(22)23-13-15-7-4-3-5-8-15/h3-5,7-8,14,16H,6,9-13H2,1-2H3,(H,19,21). The van der Waals surface area contributed by atoms with Crippen LogP contribution in [0.25, 0.3) is 0 Å². The summed E-state index contributed by atoms with van der Waals surface area (Å²) in [5.41, 5.74) is 0.962. The molecule has 1 unspecified atom stereocenters. The van der Waals surface area contributed by atoms with Crippen molar-refractivity contribution < 1.29 is 14.3 Å². The topological polar surface area (TPSA) is 58.6 Å². The van der Waals surface area contributed by atoms with Crippen LogP contribution in [0.3, 0.4) is 0 Å². The third kappa shape index (κ3) is 5.58. The largest absolute Gasteiger partial charge is 0.445 e. The lowest BCUT2D eigenvalue weighted by Crippen LogP contribution is -2.46. The number of nitrogens with one attached hydrogen (secondary N) is 1. The molecule has 1 aromatic carbocycles. The molecule has 1 N–H and O–H groups in total. The summed E-state index contributed by atoms with van der Waals surface area (Å²) in [6.45, 7) is 6.16. The third-order valence-corrected chi connectivity index (χ3v) is 3.94. The molecular weight excluding hydrogens is 292 g/mol. The maximum Gasteiger partial charge on any atom is 0.410 e. The molecule has 5 nitrogen and oxygen atoms in total. The van der Waals surface area contributed by atoms with E-state index in [0.717, 1.165) is 18.4 Å². The number of benzene rings is 1. The van der Waals surface area contributed by atoms with E-state index in [1.807, 2.05) is 30.3 Å². The number of rotatable bonds is 5. The molecule has 0 aliphatic carbocycles. The van der Waals surface area contributed by atoms with Crippen molar-refractivity contribution in [1.29, 1.82) is 0 Å². The van der Waals surface area contributed by atoms with Gasteiger partial charge in [0.25, 0.3) is 0 Å². The number of hydrogen-bond donors (Lipinski definition) is 1. The highest BCUT2D eigenvalue weighted by Gasteiger charge is 2.29. The molecule has 5 heteroatoms. The quantitative estimate of drug-likeness (QED) is 0.908. The first-order chi connectivity index (χ1) is 11.1. The zero-order chi connectivity index (χ0) is 16.7. The van der Waals surface area contributed by atoms with Crippen molar-refractivity contribution >= 4 is 12.0 Å². The Balaban J connectivity index is 1.80. The van der Waals surface area contributed by atoms with Gasteiger partial charge in [0.2, 0.25) is 5.91 Å². The molecule has 0 aromatic heterocycles. The van der Waals surface area contributed by atoms with Gasteiger partial charge in [-0.3, -0.25) is 4.79 Å². The number of hydrogen-bond acceptors (Lipinski definition) is 3. The molecule has 126 valence electrons. The first-order valence-corrected chi connectivity index (χ1v) is 8.29. The fourth-order valence-corrected chi connectivity index (χ4v) is 2.62. The van der Waals surface area contributed by atoms with E-state index in [9.17, 15) is 9.59 Å². The summed E-state index contributed by atoms with van der Waals surface area (Å²) in [5, 5.41) is 2.95. The van der Waals surface area contributed by atoms with Gasteiger partial charge in [-0.2, -0.15) is 0 Å². The first kappa shape index (κ1) is 17.3. The van der Waals surface area contributed by atoms with Gasteiger partial charge < -0.3 is 15.0 Å². The van der Waals surface area contributed by atoms with Crippen LogP contribution in [0.5, 0.6) is 0 Å². The number of carbonyl (C=O) groups is 2. The van der Waals surface area contributed by atoms with Crippen LogP contribution in [0.4, 0.5) is 4.79 Å². The van der Waals surface area contributed by atoms with Crippen molar-refractivity contribution in [3.63, 3.8) is 0 Å². The number of amides is 2. The molecule has 23 heavy (non-hydrogen) atoms. The van der Waals surface area contributed by atoms with Crippen molar-refractivity contribution in [2.24, 2.45) is 11.8 Å². The lowest BCUT2D eigenvalue weighted by Gasteiger charge is -2.31. The van der Waals surface area contributed by atoms with E-state index >= 15 is 0 Å². The van der Waals surface area contributed by atoms with Gasteiger partial charge in [-0.25, -0.2) is 4.79 Å². The van der Waals surface area contributed by atoms with Crippen LogP contribution in [-0.2, 0) is 16.1 Å². The van der Waals surface area contributed by atoms with E-state index in [1.165, 1.54) is 0 Å². The third-order valence-electron chi connectivity index (χ3n) is 3.94. The molecule has 1 fully saturated rings. The Bertz CT molecular complexity index is 516. The fraction of sp³-hybridized carbons (Fsp3) is 0.556. The van der Waals surface area contributed by atoms with Gasteiger partial charge in [0.05, 0.1) is 5.92 Å². The molecule has 1 aliphatic rings. The van der Waals surface area contributed by atoms with Gasteiger partial charge in [-0.05, 0) is 24.3 Å². The number of ether oxygens (including phenoxy) is 1. The average Bonchev–Trinajstić information content (AvgIpc) is 2.58. The zero-order valence-corrected chi connectivity index (χ0v) is 14.0. The molecule has 1 saturated heterocycles. The zero-order valence-electron chi connectivity index (χ0n) is 14.0. The van der Waals surface area contributed by atoms with Gasteiger partial charge in [0, 0.05) is 19.6 Å². The van der Waals surface area contributed by atoms with Crippen molar-refractivity contribution in [3.05, 3.63) is 35.9 Å². The minimum absolute atomic E-state index is 0.0410. The van der Waals surface area contributed by atoms with Crippen LogP contribution in [-0.4, -0.2) is 36.5 Å². The minimum Gasteiger partial charge on any atom is -0.445 e. The highest BCUT2D eigenvalue weighted by molar-refractivity contribution is 5.80. The smallest absolute Gasteiger partial charge is 0.410 e.